The second-order valence-corrected chi connectivity index (χ2v) is 8.71. The van der Waals surface area contributed by atoms with Crippen molar-refractivity contribution in [1.29, 1.82) is 0 Å². The molecule has 1 saturated heterocycles. The van der Waals surface area contributed by atoms with Gasteiger partial charge in [0, 0.05) is 24.3 Å². The maximum Gasteiger partial charge on any atom is 0.254 e. The fourth-order valence-electron chi connectivity index (χ4n) is 3.98. The Labute approximate surface area is 186 Å². The second-order valence-electron chi connectivity index (χ2n) is 7.86. The standard InChI is InChI=1S/C24H26N4O2S/c1-15-19(5-3-6-20(15)25)24(30)28-12-4-7-21(28)23(29)26-13-17-8-10-18(11-9-17)22-16(2)27-14-31-22/h3,5-6,8-11,14,21H,4,7,12-13,25H2,1-2H3,(H,26,29). The molecule has 0 radical (unpaired) electrons. The van der Waals surface area contributed by atoms with E-state index < -0.39 is 6.04 Å². The molecule has 1 aromatic heterocycles. The highest BCUT2D eigenvalue weighted by atomic mass is 32.1. The number of rotatable bonds is 5. The summed E-state index contributed by atoms with van der Waals surface area (Å²) in [5.41, 5.74) is 12.9. The van der Waals surface area contributed by atoms with Crippen LogP contribution in [-0.2, 0) is 11.3 Å². The van der Waals surface area contributed by atoms with Crippen LogP contribution in [0, 0.1) is 13.8 Å². The van der Waals surface area contributed by atoms with Crippen LogP contribution in [0.3, 0.4) is 0 Å². The number of thiazole rings is 1. The fraction of sp³-hybridized carbons (Fsp3) is 0.292. The van der Waals surface area contributed by atoms with Gasteiger partial charge in [0.05, 0.1) is 16.1 Å². The molecular formula is C24H26N4O2S. The number of aromatic nitrogens is 1. The van der Waals surface area contributed by atoms with E-state index in [1.165, 1.54) is 0 Å². The maximum atomic E-state index is 13.1. The van der Waals surface area contributed by atoms with Gasteiger partial charge >= 0.3 is 0 Å². The highest BCUT2D eigenvalue weighted by Gasteiger charge is 2.35. The van der Waals surface area contributed by atoms with Gasteiger partial charge in [0.15, 0.2) is 0 Å². The molecule has 0 aliphatic carbocycles. The third-order valence-corrected chi connectivity index (χ3v) is 6.83. The van der Waals surface area contributed by atoms with Crippen molar-refractivity contribution in [3.8, 4) is 10.4 Å². The Bertz CT molecular complexity index is 1110. The first kappa shape index (κ1) is 21.1. The summed E-state index contributed by atoms with van der Waals surface area (Å²) in [5.74, 6) is -0.249. The third kappa shape index (κ3) is 4.32. The summed E-state index contributed by atoms with van der Waals surface area (Å²) in [6, 6.07) is 13.0. The first-order chi connectivity index (χ1) is 15.0. The van der Waals surface area contributed by atoms with Crippen LogP contribution in [-0.4, -0.2) is 34.3 Å². The summed E-state index contributed by atoms with van der Waals surface area (Å²) in [4.78, 5) is 33.1. The van der Waals surface area contributed by atoms with Crippen molar-refractivity contribution in [2.45, 2.75) is 39.3 Å². The number of nitrogen functional groups attached to an aromatic ring is 1. The first-order valence-corrected chi connectivity index (χ1v) is 11.3. The van der Waals surface area contributed by atoms with Crippen molar-refractivity contribution in [2.24, 2.45) is 0 Å². The van der Waals surface area contributed by atoms with E-state index in [-0.39, 0.29) is 11.8 Å². The van der Waals surface area contributed by atoms with Crippen LogP contribution in [0.25, 0.3) is 10.4 Å². The predicted molar refractivity (Wildman–Crippen MR) is 124 cm³/mol. The van der Waals surface area contributed by atoms with Crippen molar-refractivity contribution >= 4 is 28.8 Å². The fourth-order valence-corrected chi connectivity index (χ4v) is 4.79. The number of benzene rings is 2. The summed E-state index contributed by atoms with van der Waals surface area (Å²) >= 11 is 1.62. The van der Waals surface area contributed by atoms with Crippen molar-refractivity contribution in [1.82, 2.24) is 15.2 Å². The number of likely N-dealkylation sites (tertiary alicyclic amines) is 1. The molecule has 6 nitrogen and oxygen atoms in total. The molecule has 2 aromatic carbocycles. The number of nitrogens with zero attached hydrogens (tertiary/aromatic N) is 2. The normalized spacial score (nSPS) is 15.8. The molecule has 2 amide bonds. The molecule has 1 unspecified atom stereocenters. The molecule has 0 bridgehead atoms. The quantitative estimate of drug-likeness (QED) is 0.596. The van der Waals surface area contributed by atoms with Crippen LogP contribution in [0.4, 0.5) is 5.69 Å². The molecule has 1 aliphatic heterocycles. The number of carbonyl (C=O) groups excluding carboxylic acids is 2. The minimum absolute atomic E-state index is 0.116. The summed E-state index contributed by atoms with van der Waals surface area (Å²) in [6.07, 6.45) is 1.48. The predicted octanol–water partition coefficient (Wildman–Crippen LogP) is 3.93. The minimum atomic E-state index is -0.451. The van der Waals surface area contributed by atoms with Crippen molar-refractivity contribution in [3.05, 3.63) is 70.4 Å². The van der Waals surface area contributed by atoms with Gasteiger partial charge in [-0.25, -0.2) is 4.98 Å². The third-order valence-electron chi connectivity index (χ3n) is 5.85. The lowest BCUT2D eigenvalue weighted by Gasteiger charge is -2.25. The van der Waals surface area contributed by atoms with Gasteiger partial charge in [-0.2, -0.15) is 0 Å². The average molecular weight is 435 g/mol. The minimum Gasteiger partial charge on any atom is -0.398 e. The lowest BCUT2D eigenvalue weighted by Crippen LogP contribution is -2.45. The number of hydrogen-bond acceptors (Lipinski definition) is 5. The molecule has 0 spiro atoms. The molecule has 4 rings (SSSR count). The summed E-state index contributed by atoms with van der Waals surface area (Å²) in [5, 5.41) is 3.00. The van der Waals surface area contributed by atoms with Crippen LogP contribution in [0.2, 0.25) is 0 Å². The van der Waals surface area contributed by atoms with E-state index in [0.717, 1.165) is 33.7 Å². The topological polar surface area (TPSA) is 88.3 Å². The molecule has 3 aromatic rings. The smallest absolute Gasteiger partial charge is 0.254 e. The van der Waals surface area contributed by atoms with Gasteiger partial charge in [-0.05, 0) is 55.5 Å². The monoisotopic (exact) mass is 434 g/mol. The lowest BCUT2D eigenvalue weighted by molar-refractivity contribution is -0.125. The van der Waals surface area contributed by atoms with E-state index in [2.05, 4.69) is 22.4 Å². The number of nitrogens with two attached hydrogens (primary N) is 1. The van der Waals surface area contributed by atoms with Gasteiger partial charge in [0.1, 0.15) is 6.04 Å². The van der Waals surface area contributed by atoms with Gasteiger partial charge in [0.2, 0.25) is 5.91 Å². The average Bonchev–Trinajstić information content (AvgIpc) is 3.43. The Hall–Kier alpha value is -3.19. The molecule has 1 atom stereocenters. The van der Waals surface area contributed by atoms with Crippen molar-refractivity contribution in [2.75, 3.05) is 12.3 Å². The number of hydrogen-bond donors (Lipinski definition) is 2. The molecular weight excluding hydrogens is 408 g/mol. The van der Waals surface area contributed by atoms with E-state index >= 15 is 0 Å². The molecule has 1 aliphatic rings. The number of amides is 2. The number of carbonyl (C=O) groups is 2. The number of anilines is 1. The van der Waals surface area contributed by atoms with Gasteiger partial charge in [-0.15, -0.1) is 11.3 Å². The zero-order chi connectivity index (χ0) is 22.0. The van der Waals surface area contributed by atoms with E-state index in [9.17, 15) is 9.59 Å². The van der Waals surface area contributed by atoms with Gasteiger partial charge < -0.3 is 16.0 Å². The molecule has 160 valence electrons. The molecule has 1 fully saturated rings. The first-order valence-electron chi connectivity index (χ1n) is 10.4. The Kier molecular flexibility index (Phi) is 6.04. The zero-order valence-corrected chi connectivity index (χ0v) is 18.5. The highest BCUT2D eigenvalue weighted by Crippen LogP contribution is 2.27. The molecule has 2 heterocycles. The molecule has 7 heteroatoms. The Morgan fingerprint density at radius 3 is 2.68 bits per heavy atom. The van der Waals surface area contributed by atoms with Crippen molar-refractivity contribution < 1.29 is 9.59 Å². The Morgan fingerprint density at radius 2 is 1.97 bits per heavy atom. The van der Waals surface area contributed by atoms with Gasteiger partial charge in [-0.1, -0.05) is 30.3 Å². The Balaban J connectivity index is 1.40. The molecule has 31 heavy (non-hydrogen) atoms. The summed E-state index contributed by atoms with van der Waals surface area (Å²) < 4.78 is 0. The zero-order valence-electron chi connectivity index (χ0n) is 17.7. The van der Waals surface area contributed by atoms with Crippen LogP contribution >= 0.6 is 11.3 Å². The van der Waals surface area contributed by atoms with Crippen molar-refractivity contribution in [3.63, 3.8) is 0 Å². The largest absolute Gasteiger partial charge is 0.398 e. The Morgan fingerprint density at radius 1 is 1.19 bits per heavy atom. The van der Waals surface area contributed by atoms with Crippen LogP contribution in [0.5, 0.6) is 0 Å². The summed E-state index contributed by atoms with van der Waals surface area (Å²) in [6.45, 7) is 4.84. The lowest BCUT2D eigenvalue weighted by atomic mass is 10.0. The van der Waals surface area contributed by atoms with E-state index in [1.54, 1.807) is 34.4 Å². The van der Waals surface area contributed by atoms with E-state index in [4.69, 9.17) is 5.73 Å². The SMILES string of the molecule is Cc1ncsc1-c1ccc(CNC(=O)C2CCCN2C(=O)c2cccc(N)c2C)cc1. The molecule has 3 N–H and O–H groups in total. The molecule has 0 saturated carbocycles. The van der Waals surface area contributed by atoms with Crippen LogP contribution < -0.4 is 11.1 Å². The van der Waals surface area contributed by atoms with Crippen LogP contribution in [0.1, 0.15) is 40.0 Å². The second kappa shape index (κ2) is 8.89. The summed E-state index contributed by atoms with van der Waals surface area (Å²) in [7, 11) is 0. The highest BCUT2D eigenvalue weighted by molar-refractivity contribution is 7.13. The van der Waals surface area contributed by atoms with Gasteiger partial charge in [0.25, 0.3) is 5.91 Å². The van der Waals surface area contributed by atoms with E-state index in [1.807, 2.05) is 31.5 Å². The van der Waals surface area contributed by atoms with Crippen LogP contribution in [0.15, 0.2) is 48.0 Å². The number of nitrogens with one attached hydrogen (secondary N) is 1. The van der Waals surface area contributed by atoms with Gasteiger partial charge in [-0.3, -0.25) is 9.59 Å². The number of aryl methyl sites for hydroxylation is 1. The maximum absolute atomic E-state index is 13.1. The van der Waals surface area contributed by atoms with E-state index in [0.29, 0.717) is 30.8 Å².